The van der Waals surface area contributed by atoms with Gasteiger partial charge in [-0.2, -0.15) is 0 Å². The van der Waals surface area contributed by atoms with Crippen LogP contribution in [-0.2, 0) is 4.79 Å². The Morgan fingerprint density at radius 3 is 2.52 bits per heavy atom. The maximum absolute atomic E-state index is 12.6. The number of aromatic nitrogens is 1. The average Bonchev–Trinajstić information content (AvgIpc) is 2.87. The van der Waals surface area contributed by atoms with Crippen LogP contribution in [0, 0.1) is 6.92 Å². The smallest absolute Gasteiger partial charge is 0.238 e. The van der Waals surface area contributed by atoms with Gasteiger partial charge in [-0.25, -0.2) is 0 Å². The molecule has 110 valence electrons. The Labute approximate surface area is 122 Å². The SMILES string of the molecule is COc1ccc(C(=O)c2c(NC(=O)CN)c[nH]c2C)cc1. The number of benzene rings is 1. The van der Waals surface area contributed by atoms with Gasteiger partial charge in [0.2, 0.25) is 5.91 Å². The molecule has 0 atom stereocenters. The summed E-state index contributed by atoms with van der Waals surface area (Å²) in [5.74, 6) is 0.149. The van der Waals surface area contributed by atoms with E-state index in [-0.39, 0.29) is 18.2 Å². The van der Waals surface area contributed by atoms with Gasteiger partial charge in [-0.15, -0.1) is 0 Å². The van der Waals surface area contributed by atoms with Gasteiger partial charge < -0.3 is 20.8 Å². The zero-order valence-electron chi connectivity index (χ0n) is 11.9. The van der Waals surface area contributed by atoms with E-state index in [0.29, 0.717) is 28.3 Å². The summed E-state index contributed by atoms with van der Waals surface area (Å²) in [5, 5.41) is 2.61. The van der Waals surface area contributed by atoms with Crippen LogP contribution in [0.1, 0.15) is 21.6 Å². The molecule has 0 aliphatic carbocycles. The third kappa shape index (κ3) is 3.11. The summed E-state index contributed by atoms with van der Waals surface area (Å²) in [6.07, 6.45) is 1.58. The molecule has 0 saturated heterocycles. The van der Waals surface area contributed by atoms with Crippen LogP contribution < -0.4 is 15.8 Å². The van der Waals surface area contributed by atoms with Crippen LogP contribution in [0.5, 0.6) is 5.75 Å². The number of nitrogens with one attached hydrogen (secondary N) is 2. The lowest BCUT2D eigenvalue weighted by molar-refractivity contribution is -0.114. The lowest BCUT2D eigenvalue weighted by Gasteiger charge is -2.07. The molecule has 0 aliphatic heterocycles. The number of aromatic amines is 1. The van der Waals surface area contributed by atoms with Crippen molar-refractivity contribution in [3.63, 3.8) is 0 Å². The van der Waals surface area contributed by atoms with Gasteiger partial charge in [0.15, 0.2) is 5.78 Å². The molecule has 0 saturated carbocycles. The Morgan fingerprint density at radius 1 is 1.29 bits per heavy atom. The number of anilines is 1. The molecule has 2 rings (SSSR count). The number of nitrogens with two attached hydrogens (primary N) is 1. The number of ether oxygens (including phenoxy) is 1. The van der Waals surface area contributed by atoms with Gasteiger partial charge >= 0.3 is 0 Å². The molecule has 1 heterocycles. The molecule has 6 nitrogen and oxygen atoms in total. The number of amides is 1. The van der Waals surface area contributed by atoms with E-state index in [2.05, 4.69) is 10.3 Å². The van der Waals surface area contributed by atoms with Crippen molar-refractivity contribution in [3.8, 4) is 5.75 Å². The molecule has 0 fully saturated rings. The summed E-state index contributed by atoms with van der Waals surface area (Å²) in [6, 6.07) is 6.80. The van der Waals surface area contributed by atoms with Gasteiger partial charge in [0.05, 0.1) is 24.9 Å². The van der Waals surface area contributed by atoms with E-state index in [1.165, 1.54) is 0 Å². The van der Waals surface area contributed by atoms with Crippen molar-refractivity contribution in [3.05, 3.63) is 47.3 Å². The van der Waals surface area contributed by atoms with Crippen LogP contribution in [0.15, 0.2) is 30.5 Å². The van der Waals surface area contributed by atoms with E-state index in [4.69, 9.17) is 10.5 Å². The fourth-order valence-electron chi connectivity index (χ4n) is 2.01. The van der Waals surface area contributed by atoms with Crippen molar-refractivity contribution >= 4 is 17.4 Å². The molecule has 0 radical (unpaired) electrons. The number of aryl methyl sites for hydroxylation is 1. The van der Waals surface area contributed by atoms with Gasteiger partial charge in [-0.3, -0.25) is 9.59 Å². The molecular weight excluding hydrogens is 270 g/mol. The lowest BCUT2D eigenvalue weighted by Crippen LogP contribution is -2.22. The maximum Gasteiger partial charge on any atom is 0.238 e. The van der Waals surface area contributed by atoms with Crippen molar-refractivity contribution in [1.29, 1.82) is 0 Å². The Morgan fingerprint density at radius 2 is 1.95 bits per heavy atom. The molecule has 1 aromatic heterocycles. The van der Waals surface area contributed by atoms with E-state index in [1.807, 2.05) is 0 Å². The van der Waals surface area contributed by atoms with Crippen LogP contribution in [-0.4, -0.2) is 30.3 Å². The third-order valence-electron chi connectivity index (χ3n) is 3.12. The topological polar surface area (TPSA) is 97.2 Å². The zero-order valence-corrected chi connectivity index (χ0v) is 11.9. The first kappa shape index (κ1) is 14.8. The second-order valence-corrected chi connectivity index (χ2v) is 4.51. The minimum Gasteiger partial charge on any atom is -0.497 e. The second kappa shape index (κ2) is 6.23. The highest BCUT2D eigenvalue weighted by Gasteiger charge is 2.19. The highest BCUT2D eigenvalue weighted by molar-refractivity contribution is 6.14. The van der Waals surface area contributed by atoms with Gasteiger partial charge in [0.1, 0.15) is 5.75 Å². The van der Waals surface area contributed by atoms with Crippen LogP contribution in [0.3, 0.4) is 0 Å². The number of carbonyl (C=O) groups is 2. The summed E-state index contributed by atoms with van der Waals surface area (Å²) >= 11 is 0. The molecule has 0 aliphatic rings. The van der Waals surface area contributed by atoms with Crippen molar-refractivity contribution < 1.29 is 14.3 Å². The molecule has 2 aromatic rings. The van der Waals surface area contributed by atoms with E-state index in [9.17, 15) is 9.59 Å². The van der Waals surface area contributed by atoms with Crippen molar-refractivity contribution in [2.45, 2.75) is 6.92 Å². The minimum atomic E-state index is -0.349. The molecule has 0 unspecified atom stereocenters. The van der Waals surface area contributed by atoms with Crippen molar-refractivity contribution in [2.24, 2.45) is 5.73 Å². The van der Waals surface area contributed by atoms with E-state index in [1.54, 1.807) is 44.5 Å². The Bertz CT molecular complexity index is 659. The summed E-state index contributed by atoms with van der Waals surface area (Å²) in [5.41, 5.74) is 7.34. The van der Waals surface area contributed by atoms with Gasteiger partial charge in [-0.05, 0) is 31.2 Å². The van der Waals surface area contributed by atoms with E-state index in [0.717, 1.165) is 0 Å². The number of ketones is 1. The van der Waals surface area contributed by atoms with Gasteiger partial charge in [0, 0.05) is 17.5 Å². The molecule has 1 amide bonds. The second-order valence-electron chi connectivity index (χ2n) is 4.51. The standard InChI is InChI=1S/C15H17N3O3/c1-9-14(12(8-17-9)18-13(19)7-16)15(20)10-3-5-11(21-2)6-4-10/h3-6,8,17H,7,16H2,1-2H3,(H,18,19). The first-order valence-corrected chi connectivity index (χ1v) is 6.43. The van der Waals surface area contributed by atoms with Crippen molar-refractivity contribution in [2.75, 3.05) is 19.0 Å². The fraction of sp³-hybridized carbons (Fsp3) is 0.200. The molecule has 21 heavy (non-hydrogen) atoms. The number of rotatable bonds is 5. The van der Waals surface area contributed by atoms with Crippen LogP contribution in [0.4, 0.5) is 5.69 Å². The molecule has 4 N–H and O–H groups in total. The first-order chi connectivity index (χ1) is 10.1. The molecule has 6 heteroatoms. The normalized spacial score (nSPS) is 10.2. The third-order valence-corrected chi connectivity index (χ3v) is 3.12. The molecular formula is C15H17N3O3. The fourth-order valence-corrected chi connectivity index (χ4v) is 2.01. The number of hydrogen-bond acceptors (Lipinski definition) is 4. The quantitative estimate of drug-likeness (QED) is 0.725. The van der Waals surface area contributed by atoms with Crippen LogP contribution >= 0.6 is 0 Å². The Balaban J connectivity index is 2.33. The Kier molecular flexibility index (Phi) is 4.39. The zero-order chi connectivity index (χ0) is 15.4. The first-order valence-electron chi connectivity index (χ1n) is 6.43. The van der Waals surface area contributed by atoms with Gasteiger partial charge in [0.25, 0.3) is 0 Å². The predicted molar refractivity (Wildman–Crippen MR) is 79.6 cm³/mol. The lowest BCUT2D eigenvalue weighted by atomic mass is 10.0. The van der Waals surface area contributed by atoms with Crippen molar-refractivity contribution in [1.82, 2.24) is 4.98 Å². The number of H-pyrrole nitrogens is 1. The molecule has 0 spiro atoms. The summed E-state index contributed by atoms with van der Waals surface area (Å²) in [4.78, 5) is 26.9. The predicted octanol–water partition coefficient (Wildman–Crippen LogP) is 1.46. The van der Waals surface area contributed by atoms with E-state index < -0.39 is 0 Å². The largest absolute Gasteiger partial charge is 0.497 e. The number of hydrogen-bond donors (Lipinski definition) is 3. The van der Waals surface area contributed by atoms with Crippen LogP contribution in [0.2, 0.25) is 0 Å². The maximum atomic E-state index is 12.6. The van der Waals surface area contributed by atoms with Gasteiger partial charge in [-0.1, -0.05) is 0 Å². The van der Waals surface area contributed by atoms with Crippen LogP contribution in [0.25, 0.3) is 0 Å². The summed E-state index contributed by atoms with van der Waals surface area (Å²) in [6.45, 7) is 1.63. The van der Waals surface area contributed by atoms with E-state index >= 15 is 0 Å². The molecule has 0 bridgehead atoms. The highest BCUT2D eigenvalue weighted by Crippen LogP contribution is 2.23. The number of carbonyl (C=O) groups excluding carboxylic acids is 2. The molecule has 1 aromatic carbocycles. The summed E-state index contributed by atoms with van der Waals surface area (Å²) < 4.78 is 5.07. The average molecular weight is 287 g/mol. The number of methoxy groups -OCH3 is 1. The highest BCUT2D eigenvalue weighted by atomic mass is 16.5. The monoisotopic (exact) mass is 287 g/mol. The minimum absolute atomic E-state index is 0.138. The Hall–Kier alpha value is -2.60. The summed E-state index contributed by atoms with van der Waals surface area (Å²) in [7, 11) is 1.56.